The van der Waals surface area contributed by atoms with Crippen molar-refractivity contribution in [1.29, 1.82) is 0 Å². The zero-order valence-electron chi connectivity index (χ0n) is 21.3. The predicted molar refractivity (Wildman–Crippen MR) is 135 cm³/mol. The zero-order valence-corrected chi connectivity index (χ0v) is 22.1. The highest BCUT2D eigenvalue weighted by Gasteiger charge is 2.42. The van der Waals surface area contributed by atoms with E-state index < -0.39 is 5.60 Å². The first kappa shape index (κ1) is 26.4. The highest BCUT2D eigenvalue weighted by Crippen LogP contribution is 2.28. The van der Waals surface area contributed by atoms with Crippen molar-refractivity contribution in [2.45, 2.75) is 38.7 Å². The second-order valence-corrected chi connectivity index (χ2v) is 10.0. The molecule has 3 heterocycles. The summed E-state index contributed by atoms with van der Waals surface area (Å²) in [4.78, 5) is 30.0. The Morgan fingerprint density at radius 3 is 2.56 bits per heavy atom. The van der Waals surface area contributed by atoms with E-state index in [0.29, 0.717) is 69.6 Å². The number of halogens is 1. The predicted octanol–water partition coefficient (Wildman–Crippen LogP) is 2.55. The highest BCUT2D eigenvalue weighted by atomic mass is 35.5. The summed E-state index contributed by atoms with van der Waals surface area (Å²) in [5.41, 5.74) is 1.96. The quantitative estimate of drug-likeness (QED) is 0.534. The fourth-order valence-corrected chi connectivity index (χ4v) is 4.84. The molecule has 2 fully saturated rings. The summed E-state index contributed by atoms with van der Waals surface area (Å²) in [5, 5.41) is 5.02. The first-order valence-corrected chi connectivity index (χ1v) is 12.8. The molecular formula is C26H35ClN4O5. The molecule has 10 heteroatoms. The Morgan fingerprint density at radius 1 is 1.11 bits per heavy atom. The largest absolute Gasteiger partial charge is 0.490 e. The van der Waals surface area contributed by atoms with E-state index in [1.807, 2.05) is 33.2 Å². The Bertz CT molecular complexity index is 1080. The molecule has 1 aromatic heterocycles. The summed E-state index contributed by atoms with van der Waals surface area (Å²) in [6.07, 6.45) is 3.08. The average Bonchev–Trinajstić information content (AvgIpc) is 3.20. The third-order valence-corrected chi connectivity index (χ3v) is 7.22. The number of aromatic nitrogens is 2. The number of ether oxygens (including phenoxy) is 3. The smallest absolute Gasteiger partial charge is 0.225 e. The zero-order chi connectivity index (χ0) is 25.7. The lowest BCUT2D eigenvalue weighted by Crippen LogP contribution is -2.58. The lowest BCUT2D eigenvalue weighted by Gasteiger charge is -2.43. The van der Waals surface area contributed by atoms with Crippen LogP contribution in [0.3, 0.4) is 0 Å². The van der Waals surface area contributed by atoms with E-state index in [2.05, 4.69) is 5.10 Å². The summed E-state index contributed by atoms with van der Waals surface area (Å²) in [6.45, 7) is 7.29. The Labute approximate surface area is 217 Å². The number of rotatable bonds is 8. The minimum Gasteiger partial charge on any atom is -0.490 e. The lowest BCUT2D eigenvalue weighted by molar-refractivity contribution is -0.167. The van der Waals surface area contributed by atoms with E-state index in [1.54, 1.807) is 26.6 Å². The summed E-state index contributed by atoms with van der Waals surface area (Å²) in [6, 6.07) is 5.45. The van der Waals surface area contributed by atoms with Crippen LogP contribution in [0.25, 0.3) is 0 Å². The molecule has 0 bridgehead atoms. The number of hydrogen-bond acceptors (Lipinski definition) is 6. The molecule has 2 amide bonds. The van der Waals surface area contributed by atoms with Gasteiger partial charge in [-0.25, -0.2) is 0 Å². The van der Waals surface area contributed by atoms with E-state index in [-0.39, 0.29) is 24.8 Å². The molecule has 0 radical (unpaired) electrons. The van der Waals surface area contributed by atoms with Gasteiger partial charge in [-0.3, -0.25) is 14.3 Å². The molecule has 1 atom stereocenters. The Morgan fingerprint density at radius 2 is 1.86 bits per heavy atom. The molecule has 2 aliphatic heterocycles. The molecule has 4 rings (SSSR count). The lowest BCUT2D eigenvalue weighted by atomic mass is 9.96. The summed E-state index contributed by atoms with van der Waals surface area (Å²) >= 11 is 6.16. The normalized spacial score (nSPS) is 20.4. The van der Waals surface area contributed by atoms with E-state index in [4.69, 9.17) is 25.8 Å². The standard InChI is InChI=1S/C26H35ClN4O5/c1-19-14-22(5-6-23(19)27)35-18-26(15-25(33)30-8-11-34-12-9-30)17-31(10-13-36-26)24(32)7-4-21-16-29(3)28-20(21)2/h5-6,14,16H,4,7-13,15,17-18H2,1-3H3/t26-/m1/s1. The molecule has 2 saturated heterocycles. The SMILES string of the molecule is Cc1cc(OC[C@@]2(CC(=O)N3CCOCC3)CN(C(=O)CCc3cn(C)nc3C)CCO2)ccc1Cl. The van der Waals surface area contributed by atoms with Crippen molar-refractivity contribution < 1.29 is 23.8 Å². The van der Waals surface area contributed by atoms with Crippen LogP contribution in [-0.4, -0.2) is 89.6 Å². The number of morpholine rings is 2. The van der Waals surface area contributed by atoms with Crippen molar-refractivity contribution in [3.8, 4) is 5.75 Å². The van der Waals surface area contributed by atoms with Crippen LogP contribution in [-0.2, 0) is 32.5 Å². The number of aryl methyl sites for hydroxylation is 4. The van der Waals surface area contributed by atoms with Gasteiger partial charge < -0.3 is 24.0 Å². The minimum absolute atomic E-state index is 0.0190. The maximum Gasteiger partial charge on any atom is 0.225 e. The fourth-order valence-electron chi connectivity index (χ4n) is 4.72. The molecule has 1 aromatic carbocycles. The summed E-state index contributed by atoms with van der Waals surface area (Å²) < 4.78 is 19.5. The molecular weight excluding hydrogens is 484 g/mol. The Balaban J connectivity index is 1.46. The van der Waals surface area contributed by atoms with Gasteiger partial charge in [-0.1, -0.05) is 11.6 Å². The van der Waals surface area contributed by atoms with Crippen molar-refractivity contribution >= 4 is 23.4 Å². The van der Waals surface area contributed by atoms with E-state index in [0.717, 1.165) is 16.8 Å². The van der Waals surface area contributed by atoms with Gasteiger partial charge in [0.25, 0.3) is 0 Å². The molecule has 9 nitrogen and oxygen atoms in total. The minimum atomic E-state index is -0.943. The van der Waals surface area contributed by atoms with Crippen LogP contribution >= 0.6 is 11.6 Å². The van der Waals surface area contributed by atoms with Crippen molar-refractivity contribution in [3.05, 3.63) is 46.2 Å². The molecule has 0 aliphatic carbocycles. The van der Waals surface area contributed by atoms with Gasteiger partial charge >= 0.3 is 0 Å². The number of amides is 2. The van der Waals surface area contributed by atoms with Crippen LogP contribution in [0.2, 0.25) is 5.02 Å². The van der Waals surface area contributed by atoms with E-state index in [1.165, 1.54) is 0 Å². The van der Waals surface area contributed by atoms with Crippen LogP contribution in [0.1, 0.15) is 29.7 Å². The van der Waals surface area contributed by atoms with Gasteiger partial charge in [-0.2, -0.15) is 5.10 Å². The maximum atomic E-state index is 13.2. The number of nitrogens with zero attached hydrogens (tertiary/aromatic N) is 4. The van der Waals surface area contributed by atoms with Gasteiger partial charge in [0.15, 0.2) is 0 Å². The Kier molecular flexibility index (Phi) is 8.54. The molecule has 36 heavy (non-hydrogen) atoms. The van der Waals surface area contributed by atoms with Crippen molar-refractivity contribution in [2.24, 2.45) is 7.05 Å². The van der Waals surface area contributed by atoms with Gasteiger partial charge in [0.1, 0.15) is 18.0 Å². The van der Waals surface area contributed by atoms with Crippen LogP contribution in [0.15, 0.2) is 24.4 Å². The first-order valence-electron chi connectivity index (χ1n) is 12.4. The fraction of sp³-hybridized carbons (Fsp3) is 0.577. The second kappa shape index (κ2) is 11.6. The third-order valence-electron chi connectivity index (χ3n) is 6.79. The van der Waals surface area contributed by atoms with Gasteiger partial charge in [-0.15, -0.1) is 0 Å². The van der Waals surface area contributed by atoms with Gasteiger partial charge in [0, 0.05) is 44.3 Å². The van der Waals surface area contributed by atoms with Crippen molar-refractivity contribution in [1.82, 2.24) is 19.6 Å². The number of benzene rings is 1. The maximum absolute atomic E-state index is 13.2. The summed E-state index contributed by atoms with van der Waals surface area (Å²) in [5.74, 6) is 0.663. The molecule has 0 saturated carbocycles. The molecule has 0 spiro atoms. The Hall–Kier alpha value is -2.62. The molecule has 2 aliphatic rings. The topological polar surface area (TPSA) is 86.1 Å². The highest BCUT2D eigenvalue weighted by molar-refractivity contribution is 6.31. The van der Waals surface area contributed by atoms with Crippen LogP contribution < -0.4 is 4.74 Å². The number of carbonyl (C=O) groups is 2. The number of hydrogen-bond donors (Lipinski definition) is 0. The van der Waals surface area contributed by atoms with Crippen molar-refractivity contribution in [3.63, 3.8) is 0 Å². The average molecular weight is 519 g/mol. The van der Waals surface area contributed by atoms with Gasteiger partial charge in [0.05, 0.1) is 38.5 Å². The van der Waals surface area contributed by atoms with Crippen LogP contribution in [0, 0.1) is 13.8 Å². The molecule has 196 valence electrons. The van der Waals surface area contributed by atoms with E-state index in [9.17, 15) is 9.59 Å². The van der Waals surface area contributed by atoms with Crippen LogP contribution in [0.4, 0.5) is 0 Å². The number of carbonyl (C=O) groups excluding carboxylic acids is 2. The third kappa shape index (κ3) is 6.57. The van der Waals surface area contributed by atoms with Gasteiger partial charge in [0.2, 0.25) is 11.8 Å². The molecule has 0 N–H and O–H groups in total. The second-order valence-electron chi connectivity index (χ2n) is 9.63. The molecule has 2 aromatic rings. The van der Waals surface area contributed by atoms with Crippen molar-refractivity contribution in [2.75, 3.05) is 52.6 Å². The van der Waals surface area contributed by atoms with Gasteiger partial charge in [-0.05, 0) is 49.6 Å². The van der Waals surface area contributed by atoms with Crippen LogP contribution in [0.5, 0.6) is 5.75 Å². The first-order chi connectivity index (χ1) is 17.2. The summed E-state index contributed by atoms with van der Waals surface area (Å²) in [7, 11) is 1.88. The van der Waals surface area contributed by atoms with E-state index >= 15 is 0 Å². The monoisotopic (exact) mass is 518 g/mol. The molecule has 0 unspecified atom stereocenters.